The zero-order chi connectivity index (χ0) is 11.5. The molecule has 0 aliphatic carbocycles. The van der Waals surface area contributed by atoms with E-state index in [4.69, 9.17) is 5.73 Å². The topological polar surface area (TPSA) is 50.1 Å². The number of benzene rings is 1. The molecule has 16 heavy (non-hydrogen) atoms. The number of hydrogen-bond donors (Lipinski definition) is 3. The number of anilines is 1. The number of rotatable bonds is 3. The molecule has 0 saturated heterocycles. The predicted octanol–water partition coefficient (Wildman–Crippen LogP) is 1.40. The molecule has 3 nitrogen and oxygen atoms in total. The van der Waals surface area contributed by atoms with Gasteiger partial charge in [-0.05, 0) is 18.2 Å². The lowest BCUT2D eigenvalue weighted by atomic mass is 10.1. The second kappa shape index (κ2) is 4.38. The van der Waals surface area contributed by atoms with E-state index in [1.54, 1.807) is 0 Å². The summed E-state index contributed by atoms with van der Waals surface area (Å²) in [5.74, 6) is -0.284. The Labute approximate surface area is 92.3 Å². The molecule has 86 valence electrons. The Morgan fingerprint density at radius 1 is 1.44 bits per heavy atom. The summed E-state index contributed by atoms with van der Waals surface area (Å²) in [5, 5.41) is 5.90. The first kappa shape index (κ1) is 10.7. The lowest BCUT2D eigenvalue weighted by molar-refractivity contribution is 0.583. The first-order chi connectivity index (χ1) is 7.65. The second-order valence-corrected chi connectivity index (χ2v) is 3.77. The van der Waals surface area contributed by atoms with Crippen molar-refractivity contribution in [2.75, 3.05) is 18.4 Å². The summed E-state index contributed by atoms with van der Waals surface area (Å²) >= 11 is 0. The van der Waals surface area contributed by atoms with Crippen molar-refractivity contribution in [2.24, 2.45) is 11.7 Å². The molecule has 1 aromatic rings. The van der Waals surface area contributed by atoms with Gasteiger partial charge in [-0.1, -0.05) is 0 Å². The fourth-order valence-corrected chi connectivity index (χ4v) is 1.63. The highest BCUT2D eigenvalue weighted by molar-refractivity contribution is 5.44. The van der Waals surface area contributed by atoms with Crippen molar-refractivity contribution >= 4 is 5.69 Å². The molecule has 0 fully saturated rings. The van der Waals surface area contributed by atoms with Crippen LogP contribution in [0.15, 0.2) is 30.1 Å². The second-order valence-electron chi connectivity index (χ2n) is 3.77. The summed E-state index contributed by atoms with van der Waals surface area (Å²) in [4.78, 5) is 0. The monoisotopic (exact) mass is 225 g/mol. The predicted molar refractivity (Wildman–Crippen MR) is 58.6 cm³/mol. The van der Waals surface area contributed by atoms with Crippen molar-refractivity contribution in [1.82, 2.24) is 5.32 Å². The average Bonchev–Trinajstić information content (AvgIpc) is 2.63. The van der Waals surface area contributed by atoms with Crippen LogP contribution in [-0.2, 0) is 0 Å². The van der Waals surface area contributed by atoms with Gasteiger partial charge in [-0.2, -0.15) is 0 Å². The third kappa shape index (κ3) is 2.42. The molecule has 0 unspecified atom stereocenters. The first-order valence-electron chi connectivity index (χ1n) is 5.05. The van der Waals surface area contributed by atoms with Crippen LogP contribution >= 0.6 is 0 Å². The van der Waals surface area contributed by atoms with Crippen LogP contribution in [0, 0.1) is 17.6 Å². The molecule has 0 spiro atoms. The van der Waals surface area contributed by atoms with Crippen LogP contribution in [0.5, 0.6) is 0 Å². The summed E-state index contributed by atoms with van der Waals surface area (Å²) in [5.41, 5.74) is 5.85. The first-order valence-corrected chi connectivity index (χ1v) is 5.05. The van der Waals surface area contributed by atoms with Crippen LogP contribution in [0.1, 0.15) is 0 Å². The van der Waals surface area contributed by atoms with Crippen molar-refractivity contribution in [3.8, 4) is 0 Å². The van der Waals surface area contributed by atoms with Crippen LogP contribution in [0.25, 0.3) is 0 Å². The highest BCUT2D eigenvalue weighted by Gasteiger charge is 2.13. The van der Waals surface area contributed by atoms with E-state index in [1.807, 2.05) is 6.08 Å². The van der Waals surface area contributed by atoms with Crippen LogP contribution in [0.2, 0.25) is 0 Å². The molecule has 0 radical (unpaired) electrons. The van der Waals surface area contributed by atoms with Crippen molar-refractivity contribution in [1.29, 1.82) is 0 Å². The molecule has 0 saturated carbocycles. The molecule has 1 aliphatic heterocycles. The van der Waals surface area contributed by atoms with E-state index in [2.05, 4.69) is 10.6 Å². The van der Waals surface area contributed by atoms with Gasteiger partial charge in [-0.3, -0.25) is 0 Å². The molecular weight excluding hydrogens is 212 g/mol. The van der Waals surface area contributed by atoms with E-state index < -0.39 is 11.6 Å². The zero-order valence-electron chi connectivity index (χ0n) is 8.63. The number of nitrogens with two attached hydrogens (primary N) is 1. The van der Waals surface area contributed by atoms with Gasteiger partial charge in [-0.25, -0.2) is 8.78 Å². The maximum Gasteiger partial charge on any atom is 0.149 e. The van der Waals surface area contributed by atoms with Gasteiger partial charge < -0.3 is 16.4 Å². The lowest BCUT2D eigenvalue weighted by Gasteiger charge is -2.10. The zero-order valence-corrected chi connectivity index (χ0v) is 8.63. The van der Waals surface area contributed by atoms with Crippen LogP contribution in [-0.4, -0.2) is 13.1 Å². The standard InChI is InChI=1S/C11H13F2N3/c12-8-1-2-10(9(13)4-8)15-5-7-3-11(14)16-6-7/h1-4,7,15-16H,5-6,14H2/t7-/m0/s1. The number of halogens is 2. The Morgan fingerprint density at radius 2 is 2.25 bits per heavy atom. The molecule has 0 aromatic heterocycles. The fourth-order valence-electron chi connectivity index (χ4n) is 1.63. The average molecular weight is 225 g/mol. The summed E-state index contributed by atoms with van der Waals surface area (Å²) in [6.07, 6.45) is 1.88. The summed E-state index contributed by atoms with van der Waals surface area (Å²) in [6, 6.07) is 3.47. The minimum Gasteiger partial charge on any atom is -0.386 e. The number of nitrogens with one attached hydrogen (secondary N) is 2. The highest BCUT2D eigenvalue weighted by Crippen LogP contribution is 2.16. The van der Waals surface area contributed by atoms with Crippen molar-refractivity contribution in [2.45, 2.75) is 0 Å². The Hall–Kier alpha value is -1.78. The van der Waals surface area contributed by atoms with E-state index in [9.17, 15) is 8.78 Å². The van der Waals surface area contributed by atoms with Gasteiger partial charge in [0, 0.05) is 25.1 Å². The van der Waals surface area contributed by atoms with Crippen LogP contribution < -0.4 is 16.4 Å². The normalized spacial score (nSPS) is 19.1. The van der Waals surface area contributed by atoms with Gasteiger partial charge in [-0.15, -0.1) is 0 Å². The fraction of sp³-hybridized carbons (Fsp3) is 0.273. The van der Waals surface area contributed by atoms with Crippen LogP contribution in [0.3, 0.4) is 0 Å². The number of hydrogen-bond acceptors (Lipinski definition) is 3. The van der Waals surface area contributed by atoms with E-state index in [0.717, 1.165) is 12.6 Å². The van der Waals surface area contributed by atoms with Gasteiger partial charge in [0.05, 0.1) is 11.5 Å². The molecule has 2 rings (SSSR count). The van der Waals surface area contributed by atoms with E-state index in [0.29, 0.717) is 18.1 Å². The quantitative estimate of drug-likeness (QED) is 0.728. The van der Waals surface area contributed by atoms with Gasteiger partial charge in [0.15, 0.2) is 0 Å². The Kier molecular flexibility index (Phi) is 2.94. The lowest BCUT2D eigenvalue weighted by Crippen LogP contribution is -2.20. The molecule has 1 aliphatic rings. The minimum atomic E-state index is -0.581. The maximum absolute atomic E-state index is 13.2. The molecule has 0 bridgehead atoms. The van der Waals surface area contributed by atoms with Crippen molar-refractivity contribution in [3.05, 3.63) is 41.7 Å². The Bertz CT molecular complexity index is 418. The third-order valence-electron chi connectivity index (χ3n) is 2.47. The third-order valence-corrected chi connectivity index (χ3v) is 2.47. The van der Waals surface area contributed by atoms with Crippen molar-refractivity contribution in [3.63, 3.8) is 0 Å². The summed E-state index contributed by atoms with van der Waals surface area (Å²) < 4.78 is 25.9. The molecule has 1 heterocycles. The van der Waals surface area contributed by atoms with Gasteiger partial charge >= 0.3 is 0 Å². The van der Waals surface area contributed by atoms with Crippen molar-refractivity contribution < 1.29 is 8.78 Å². The molecule has 1 aromatic carbocycles. The molecular formula is C11H13F2N3. The van der Waals surface area contributed by atoms with Gasteiger partial charge in [0.25, 0.3) is 0 Å². The van der Waals surface area contributed by atoms with E-state index in [-0.39, 0.29) is 5.92 Å². The van der Waals surface area contributed by atoms with Crippen LogP contribution in [0.4, 0.5) is 14.5 Å². The Balaban J connectivity index is 1.95. The van der Waals surface area contributed by atoms with E-state index in [1.165, 1.54) is 12.1 Å². The van der Waals surface area contributed by atoms with Gasteiger partial charge in [0.1, 0.15) is 11.6 Å². The van der Waals surface area contributed by atoms with Gasteiger partial charge in [0.2, 0.25) is 0 Å². The Morgan fingerprint density at radius 3 is 2.88 bits per heavy atom. The molecule has 5 heteroatoms. The smallest absolute Gasteiger partial charge is 0.149 e. The minimum absolute atomic E-state index is 0.226. The molecule has 4 N–H and O–H groups in total. The van der Waals surface area contributed by atoms with E-state index >= 15 is 0 Å². The highest BCUT2D eigenvalue weighted by atomic mass is 19.1. The molecule has 0 amide bonds. The maximum atomic E-state index is 13.2. The summed E-state index contributed by atoms with van der Waals surface area (Å²) in [6.45, 7) is 1.30. The molecule has 1 atom stereocenters. The largest absolute Gasteiger partial charge is 0.386 e. The summed E-state index contributed by atoms with van der Waals surface area (Å²) in [7, 11) is 0. The SMILES string of the molecule is NC1=C[C@@H](CNc2ccc(F)cc2F)CN1.